The highest BCUT2D eigenvalue weighted by atomic mass is 15.1. The second kappa shape index (κ2) is 1.60. The molecule has 3 rings (SSSR count). The Morgan fingerprint density at radius 3 is 2.33 bits per heavy atom. The minimum atomic E-state index is 0.793. The standard InChI is InChI=1S/C8H12N/c1-6-7-3-8(6)5-9(2)4-7/h7-8H,1-5H2/q-1. The zero-order chi connectivity index (χ0) is 6.43. The first kappa shape index (κ1) is 5.48. The molecule has 1 saturated carbocycles. The quantitative estimate of drug-likeness (QED) is 0.345. The zero-order valence-corrected chi connectivity index (χ0v) is 5.64. The Morgan fingerprint density at radius 1 is 1.44 bits per heavy atom. The summed E-state index contributed by atoms with van der Waals surface area (Å²) in [5, 5.41) is 0. The van der Waals surface area contributed by atoms with Gasteiger partial charge in [0.1, 0.15) is 0 Å². The molecule has 2 unspecified atom stereocenters. The summed E-state index contributed by atoms with van der Waals surface area (Å²) in [4.78, 5) is 2.16. The summed E-state index contributed by atoms with van der Waals surface area (Å²) in [6.07, 6.45) is 1.38. The van der Waals surface area contributed by atoms with Crippen LogP contribution in [-0.4, -0.2) is 18.0 Å². The van der Waals surface area contributed by atoms with E-state index < -0.39 is 0 Å². The minimum absolute atomic E-state index is 0.793. The molecule has 2 aliphatic heterocycles. The second-order valence-corrected chi connectivity index (χ2v) is 3.24. The average molecular weight is 122 g/mol. The predicted octanol–water partition coefficient (Wildman–Crippen LogP) is 1.29. The first-order valence-electron chi connectivity index (χ1n) is 3.51. The Labute approximate surface area is 56.4 Å². The van der Waals surface area contributed by atoms with Crippen LogP contribution in [0.2, 0.25) is 0 Å². The molecule has 2 heterocycles. The van der Waals surface area contributed by atoms with Gasteiger partial charge < -0.3 is 4.90 Å². The van der Waals surface area contributed by atoms with Crippen molar-refractivity contribution >= 4 is 0 Å². The summed E-state index contributed by atoms with van der Waals surface area (Å²) >= 11 is 0. The topological polar surface area (TPSA) is 3.24 Å². The van der Waals surface area contributed by atoms with E-state index in [2.05, 4.69) is 18.5 Å². The van der Waals surface area contributed by atoms with Crippen molar-refractivity contribution in [1.29, 1.82) is 0 Å². The third-order valence-electron chi connectivity index (χ3n) is 2.57. The average Bonchev–Trinajstić information content (AvgIpc) is 1.87. The highest BCUT2D eigenvalue weighted by Gasteiger charge is 2.37. The molecule has 0 spiro atoms. The van der Waals surface area contributed by atoms with E-state index in [1.807, 2.05) is 0 Å². The van der Waals surface area contributed by atoms with Crippen molar-refractivity contribution < 1.29 is 0 Å². The summed E-state index contributed by atoms with van der Waals surface area (Å²) in [5.74, 6) is 1.59. The number of hydrogen-bond acceptors (Lipinski definition) is 1. The molecule has 3 aliphatic rings. The molecule has 2 atom stereocenters. The molecule has 0 amide bonds. The highest BCUT2D eigenvalue weighted by Crippen LogP contribution is 2.43. The van der Waals surface area contributed by atoms with Gasteiger partial charge in [0.2, 0.25) is 0 Å². The van der Waals surface area contributed by atoms with Crippen LogP contribution in [0.25, 0.3) is 0 Å². The molecule has 2 saturated heterocycles. The van der Waals surface area contributed by atoms with Crippen LogP contribution in [0.4, 0.5) is 0 Å². The molecule has 1 heteroatoms. The normalized spacial score (nSPS) is 42.6. The van der Waals surface area contributed by atoms with E-state index in [0.717, 1.165) is 24.9 Å². The van der Waals surface area contributed by atoms with Crippen LogP contribution in [0.3, 0.4) is 0 Å². The molecule has 50 valence electrons. The van der Waals surface area contributed by atoms with Crippen molar-refractivity contribution in [3.63, 3.8) is 0 Å². The highest BCUT2D eigenvalue weighted by molar-refractivity contribution is 5.20. The molecule has 0 radical (unpaired) electrons. The van der Waals surface area contributed by atoms with Crippen molar-refractivity contribution in [1.82, 2.24) is 4.90 Å². The van der Waals surface area contributed by atoms with Crippen molar-refractivity contribution in [3.05, 3.63) is 19.2 Å². The van der Waals surface area contributed by atoms with Crippen LogP contribution >= 0.6 is 0 Å². The molecule has 0 aromatic carbocycles. The lowest BCUT2D eigenvalue weighted by atomic mass is 9.67. The van der Waals surface area contributed by atoms with Gasteiger partial charge in [0.15, 0.2) is 0 Å². The van der Waals surface area contributed by atoms with Gasteiger partial charge in [0.05, 0.1) is 0 Å². The zero-order valence-electron chi connectivity index (χ0n) is 5.64. The third kappa shape index (κ3) is 0.645. The fourth-order valence-electron chi connectivity index (χ4n) is 1.90. The van der Waals surface area contributed by atoms with Crippen LogP contribution in [0.5, 0.6) is 0 Å². The maximum absolute atomic E-state index is 4.02. The van der Waals surface area contributed by atoms with Crippen molar-refractivity contribution in [3.8, 4) is 0 Å². The van der Waals surface area contributed by atoms with E-state index in [9.17, 15) is 0 Å². The van der Waals surface area contributed by atoms with Gasteiger partial charge in [-0.2, -0.15) is 0 Å². The van der Waals surface area contributed by atoms with Gasteiger partial charge in [-0.05, 0) is 31.3 Å². The number of fused-ring (bicyclic) bond motifs is 2. The van der Waals surface area contributed by atoms with Gasteiger partial charge >= 0.3 is 0 Å². The number of rotatable bonds is 0. The molecule has 0 aromatic heterocycles. The molecule has 1 aliphatic carbocycles. The molecule has 0 aromatic rings. The van der Waals surface area contributed by atoms with E-state index in [1.165, 1.54) is 12.0 Å². The molecule has 3 fully saturated rings. The number of nitrogens with zero attached hydrogens (tertiary/aromatic N) is 1. The van der Waals surface area contributed by atoms with Crippen LogP contribution in [0.15, 0.2) is 12.2 Å². The van der Waals surface area contributed by atoms with Crippen molar-refractivity contribution in [2.24, 2.45) is 11.8 Å². The second-order valence-electron chi connectivity index (χ2n) is 3.24. The Balaban J connectivity index is 2.09. The van der Waals surface area contributed by atoms with Crippen molar-refractivity contribution in [2.75, 3.05) is 13.1 Å². The van der Waals surface area contributed by atoms with Gasteiger partial charge in [-0.25, -0.2) is 0 Å². The number of piperidine rings is 2. The van der Waals surface area contributed by atoms with Crippen LogP contribution in [0.1, 0.15) is 6.42 Å². The lowest BCUT2D eigenvalue weighted by Gasteiger charge is -2.51. The fourth-order valence-corrected chi connectivity index (χ4v) is 1.90. The molecule has 9 heavy (non-hydrogen) atoms. The molecule has 2 bridgehead atoms. The summed E-state index contributed by atoms with van der Waals surface area (Å²) in [6.45, 7) is 6.32. The van der Waals surface area contributed by atoms with Crippen LogP contribution < -0.4 is 0 Å². The number of hydrogen-bond donors (Lipinski definition) is 0. The summed E-state index contributed by atoms with van der Waals surface area (Å²) in [6, 6.07) is 0. The van der Waals surface area contributed by atoms with Crippen molar-refractivity contribution in [2.45, 2.75) is 6.42 Å². The largest absolute Gasteiger partial charge is 0.458 e. The predicted molar refractivity (Wildman–Crippen MR) is 37.7 cm³/mol. The minimum Gasteiger partial charge on any atom is -0.458 e. The van der Waals surface area contributed by atoms with Crippen LogP contribution in [0, 0.1) is 18.9 Å². The summed E-state index contributed by atoms with van der Waals surface area (Å²) in [5.41, 5.74) is 1.48. The lowest BCUT2D eigenvalue weighted by molar-refractivity contribution is 0.130. The third-order valence-corrected chi connectivity index (χ3v) is 2.57. The first-order chi connectivity index (χ1) is 4.27. The fraction of sp³-hybridized carbons (Fsp3) is 0.625. The SMILES string of the molecule is C=C1C2CC1CN([CH2-])C2. The van der Waals surface area contributed by atoms with Crippen LogP contribution in [-0.2, 0) is 0 Å². The Morgan fingerprint density at radius 2 is 2.00 bits per heavy atom. The maximum Gasteiger partial charge on any atom is -0.00928 e. The van der Waals surface area contributed by atoms with Gasteiger partial charge in [0, 0.05) is 0 Å². The first-order valence-corrected chi connectivity index (χ1v) is 3.51. The lowest BCUT2D eigenvalue weighted by Crippen LogP contribution is -2.47. The van der Waals surface area contributed by atoms with E-state index >= 15 is 0 Å². The molecule has 0 N–H and O–H groups in total. The van der Waals surface area contributed by atoms with E-state index in [-0.39, 0.29) is 0 Å². The smallest absolute Gasteiger partial charge is 0.00928 e. The Kier molecular flexibility index (Phi) is 0.974. The van der Waals surface area contributed by atoms with E-state index in [4.69, 9.17) is 0 Å². The van der Waals surface area contributed by atoms with E-state index in [1.54, 1.807) is 0 Å². The molecular weight excluding hydrogens is 110 g/mol. The Hall–Kier alpha value is -0.300. The summed E-state index contributed by atoms with van der Waals surface area (Å²) < 4.78 is 0. The Bertz CT molecular complexity index is 137. The monoisotopic (exact) mass is 122 g/mol. The summed E-state index contributed by atoms with van der Waals surface area (Å²) in [7, 11) is 3.90. The van der Waals surface area contributed by atoms with Gasteiger partial charge in [-0.3, -0.25) is 7.05 Å². The maximum atomic E-state index is 4.02. The molecular formula is C8H12N-. The molecule has 1 nitrogen and oxygen atoms in total. The van der Waals surface area contributed by atoms with Gasteiger partial charge in [0.25, 0.3) is 0 Å². The van der Waals surface area contributed by atoms with Gasteiger partial charge in [-0.1, -0.05) is 12.2 Å². The van der Waals surface area contributed by atoms with E-state index in [0.29, 0.717) is 0 Å². The van der Waals surface area contributed by atoms with Gasteiger partial charge in [-0.15, -0.1) is 0 Å².